The van der Waals surface area contributed by atoms with E-state index in [1.165, 1.54) is 11.3 Å². The summed E-state index contributed by atoms with van der Waals surface area (Å²) in [5.41, 5.74) is 0.571. The van der Waals surface area contributed by atoms with E-state index in [0.717, 1.165) is 4.96 Å². The van der Waals surface area contributed by atoms with Gasteiger partial charge in [0, 0.05) is 18.6 Å². The number of aromatic nitrogens is 2. The number of nitriles is 1. The van der Waals surface area contributed by atoms with Crippen LogP contribution in [0.2, 0.25) is 0 Å². The number of carbonyl (C=O) groups is 1. The van der Waals surface area contributed by atoms with E-state index in [-0.39, 0.29) is 19.2 Å². The number of esters is 1. The van der Waals surface area contributed by atoms with Gasteiger partial charge in [0.25, 0.3) is 0 Å². The normalized spacial score (nSPS) is 10.3. The average Bonchev–Trinajstić information content (AvgIpc) is 3.13. The molecule has 0 radical (unpaired) electrons. The van der Waals surface area contributed by atoms with Crippen LogP contribution in [0.5, 0.6) is 5.75 Å². The van der Waals surface area contributed by atoms with Gasteiger partial charge < -0.3 is 9.47 Å². The number of hydrogen-bond donors (Lipinski definition) is 0. The van der Waals surface area contributed by atoms with Crippen molar-refractivity contribution in [2.45, 2.75) is 0 Å². The smallest absolute Gasteiger partial charge is 0.350 e. The summed E-state index contributed by atoms with van der Waals surface area (Å²) in [6.45, 7) is 0.402. The number of carbonyl (C=O) groups excluding carboxylic acids is 1. The van der Waals surface area contributed by atoms with Crippen LogP contribution in [0.25, 0.3) is 4.96 Å². The zero-order valence-electron chi connectivity index (χ0n) is 11.4. The summed E-state index contributed by atoms with van der Waals surface area (Å²) < 4.78 is 12.4. The van der Waals surface area contributed by atoms with Gasteiger partial charge >= 0.3 is 5.97 Å². The molecule has 0 fully saturated rings. The lowest BCUT2D eigenvalue weighted by molar-refractivity contribution is 0.0455. The first-order chi connectivity index (χ1) is 10.8. The van der Waals surface area contributed by atoms with E-state index in [1.54, 1.807) is 47.3 Å². The van der Waals surface area contributed by atoms with Gasteiger partial charge in [0.05, 0.1) is 11.6 Å². The molecule has 0 spiro atoms. The SMILES string of the molecule is N#Cc1ccc(OCCOC(=O)c2cn3ccnc3s2)cc1. The number of benzene rings is 1. The molecule has 3 aromatic rings. The molecule has 7 heteroatoms. The molecule has 0 aliphatic carbocycles. The molecule has 0 saturated carbocycles. The summed E-state index contributed by atoms with van der Waals surface area (Å²) in [5, 5.41) is 8.70. The van der Waals surface area contributed by atoms with Crippen molar-refractivity contribution < 1.29 is 14.3 Å². The number of rotatable bonds is 5. The molecule has 1 aromatic carbocycles. The molecular formula is C15H11N3O3S. The second-order valence-corrected chi connectivity index (χ2v) is 5.34. The van der Waals surface area contributed by atoms with Crippen LogP contribution in [0, 0.1) is 11.3 Å². The second-order valence-electron chi connectivity index (χ2n) is 4.33. The fourth-order valence-corrected chi connectivity index (χ4v) is 2.65. The van der Waals surface area contributed by atoms with Gasteiger partial charge in [0.2, 0.25) is 0 Å². The summed E-state index contributed by atoms with van der Waals surface area (Å²) in [4.78, 5) is 17.2. The Morgan fingerprint density at radius 1 is 1.32 bits per heavy atom. The molecule has 6 nitrogen and oxygen atoms in total. The number of ether oxygens (including phenoxy) is 2. The van der Waals surface area contributed by atoms with Crippen LogP contribution in [0.4, 0.5) is 0 Å². The van der Waals surface area contributed by atoms with Gasteiger partial charge in [-0.05, 0) is 24.3 Å². The predicted molar refractivity (Wildman–Crippen MR) is 80.0 cm³/mol. The molecule has 0 unspecified atom stereocenters. The summed E-state index contributed by atoms with van der Waals surface area (Å²) >= 11 is 1.28. The quantitative estimate of drug-likeness (QED) is 0.534. The van der Waals surface area contributed by atoms with Crippen LogP contribution in [-0.2, 0) is 4.74 Å². The Morgan fingerprint density at radius 2 is 2.14 bits per heavy atom. The van der Waals surface area contributed by atoms with Crippen molar-refractivity contribution >= 4 is 22.3 Å². The first-order valence-electron chi connectivity index (χ1n) is 6.49. The van der Waals surface area contributed by atoms with Gasteiger partial charge in [0.15, 0.2) is 4.96 Å². The maximum Gasteiger partial charge on any atom is 0.350 e. The van der Waals surface area contributed by atoms with Gasteiger partial charge in [-0.3, -0.25) is 4.40 Å². The Balaban J connectivity index is 1.47. The molecule has 3 rings (SSSR count). The molecule has 0 aliphatic heterocycles. The van der Waals surface area contributed by atoms with Crippen LogP contribution in [0.3, 0.4) is 0 Å². The largest absolute Gasteiger partial charge is 0.490 e. The van der Waals surface area contributed by atoms with E-state index in [9.17, 15) is 4.79 Å². The first-order valence-corrected chi connectivity index (χ1v) is 7.30. The standard InChI is InChI=1S/C15H11N3O3S/c16-9-11-1-3-12(4-2-11)20-7-8-21-14(19)13-10-18-6-5-17-15(18)22-13/h1-6,10H,7-8H2. The average molecular weight is 313 g/mol. The Bertz CT molecular complexity index is 801. The van der Waals surface area contributed by atoms with Crippen molar-refractivity contribution in [2.24, 2.45) is 0 Å². The molecule has 0 saturated heterocycles. The van der Waals surface area contributed by atoms with Crippen molar-refractivity contribution in [1.82, 2.24) is 9.38 Å². The molecule has 0 aliphatic rings. The van der Waals surface area contributed by atoms with Crippen LogP contribution >= 0.6 is 11.3 Å². The number of fused-ring (bicyclic) bond motifs is 1. The van der Waals surface area contributed by atoms with E-state index in [1.807, 2.05) is 6.07 Å². The molecule has 0 amide bonds. The van der Waals surface area contributed by atoms with Gasteiger partial charge in [-0.25, -0.2) is 9.78 Å². The van der Waals surface area contributed by atoms with Gasteiger partial charge in [0.1, 0.15) is 23.8 Å². The van der Waals surface area contributed by atoms with Crippen LogP contribution < -0.4 is 4.74 Å². The van der Waals surface area contributed by atoms with E-state index in [2.05, 4.69) is 4.98 Å². The summed E-state index contributed by atoms with van der Waals surface area (Å²) in [5.74, 6) is 0.239. The highest BCUT2D eigenvalue weighted by atomic mass is 32.1. The maximum atomic E-state index is 11.9. The van der Waals surface area contributed by atoms with E-state index < -0.39 is 0 Å². The van der Waals surface area contributed by atoms with Gasteiger partial charge in [-0.1, -0.05) is 11.3 Å². The predicted octanol–water partition coefficient (Wildman–Crippen LogP) is 2.50. The molecular weight excluding hydrogens is 302 g/mol. The van der Waals surface area contributed by atoms with E-state index in [0.29, 0.717) is 16.2 Å². The topological polar surface area (TPSA) is 76.6 Å². The third-order valence-electron chi connectivity index (χ3n) is 2.86. The minimum atomic E-state index is -0.390. The molecule has 110 valence electrons. The third kappa shape index (κ3) is 3.07. The van der Waals surface area contributed by atoms with Crippen molar-refractivity contribution in [1.29, 1.82) is 5.26 Å². The zero-order valence-corrected chi connectivity index (χ0v) is 12.2. The fraction of sp³-hybridized carbons (Fsp3) is 0.133. The van der Waals surface area contributed by atoms with E-state index in [4.69, 9.17) is 14.7 Å². The van der Waals surface area contributed by atoms with Gasteiger partial charge in [-0.2, -0.15) is 5.26 Å². The number of thiazole rings is 1. The monoisotopic (exact) mass is 313 g/mol. The molecule has 0 atom stereocenters. The van der Waals surface area contributed by atoms with Crippen molar-refractivity contribution in [3.05, 3.63) is 53.3 Å². The van der Waals surface area contributed by atoms with Crippen molar-refractivity contribution in [2.75, 3.05) is 13.2 Å². The lowest BCUT2D eigenvalue weighted by Crippen LogP contribution is -2.11. The Labute approximate surface area is 130 Å². The van der Waals surface area contributed by atoms with Gasteiger partial charge in [-0.15, -0.1) is 0 Å². The maximum absolute atomic E-state index is 11.9. The lowest BCUT2D eigenvalue weighted by atomic mass is 10.2. The van der Waals surface area contributed by atoms with Crippen molar-refractivity contribution in [3.8, 4) is 11.8 Å². The Kier molecular flexibility index (Phi) is 4.03. The van der Waals surface area contributed by atoms with Crippen LogP contribution in [0.1, 0.15) is 15.2 Å². The molecule has 0 N–H and O–H groups in total. The fourth-order valence-electron chi connectivity index (χ4n) is 1.81. The second kappa shape index (κ2) is 6.28. The molecule has 2 heterocycles. The van der Waals surface area contributed by atoms with Crippen molar-refractivity contribution in [3.63, 3.8) is 0 Å². The van der Waals surface area contributed by atoms with E-state index >= 15 is 0 Å². The molecule has 22 heavy (non-hydrogen) atoms. The minimum Gasteiger partial charge on any atom is -0.490 e. The zero-order chi connectivity index (χ0) is 15.4. The molecule has 0 bridgehead atoms. The number of nitrogens with zero attached hydrogens (tertiary/aromatic N) is 3. The Hall–Kier alpha value is -2.85. The van der Waals surface area contributed by atoms with Crippen LogP contribution in [-0.4, -0.2) is 28.6 Å². The molecule has 2 aromatic heterocycles. The minimum absolute atomic E-state index is 0.152. The highest BCUT2D eigenvalue weighted by Gasteiger charge is 2.12. The summed E-state index contributed by atoms with van der Waals surface area (Å²) in [6, 6.07) is 8.78. The highest BCUT2D eigenvalue weighted by Crippen LogP contribution is 2.17. The third-order valence-corrected chi connectivity index (χ3v) is 3.85. The summed E-state index contributed by atoms with van der Waals surface area (Å²) in [6.07, 6.45) is 5.14. The highest BCUT2D eigenvalue weighted by molar-refractivity contribution is 7.18. The lowest BCUT2D eigenvalue weighted by Gasteiger charge is -2.06. The Morgan fingerprint density at radius 3 is 2.86 bits per heavy atom. The number of imidazole rings is 1. The summed E-state index contributed by atoms with van der Waals surface area (Å²) in [7, 11) is 0. The van der Waals surface area contributed by atoms with Crippen LogP contribution in [0.15, 0.2) is 42.9 Å². The number of hydrogen-bond acceptors (Lipinski definition) is 6. The first kappa shape index (κ1) is 14.1.